The molecule has 1 aromatic carbocycles. The predicted octanol–water partition coefficient (Wildman–Crippen LogP) is 1.80. The molecule has 0 radical (unpaired) electrons. The first-order chi connectivity index (χ1) is 10.8. The normalized spacial score (nSPS) is 13.1. The van der Waals surface area contributed by atoms with Crippen molar-refractivity contribution in [2.75, 3.05) is 25.5 Å². The fraction of sp³-hybridized carbons (Fsp3) is 0.400. The molecular weight excluding hydrogens is 316 g/mol. The van der Waals surface area contributed by atoms with E-state index >= 15 is 0 Å². The third-order valence-corrected chi connectivity index (χ3v) is 5.53. The Morgan fingerprint density at radius 2 is 2.00 bits per heavy atom. The van der Waals surface area contributed by atoms with Crippen molar-refractivity contribution in [1.29, 1.82) is 0 Å². The molecule has 0 aliphatic rings. The number of anilines is 1. The van der Waals surface area contributed by atoms with E-state index in [1.807, 2.05) is 31.2 Å². The highest BCUT2D eigenvalue weighted by Gasteiger charge is 2.31. The molecule has 1 aromatic heterocycles. The van der Waals surface area contributed by atoms with Crippen LogP contribution < -0.4 is 9.04 Å². The van der Waals surface area contributed by atoms with Crippen molar-refractivity contribution in [2.24, 2.45) is 7.05 Å². The quantitative estimate of drug-likeness (QED) is 0.805. The van der Waals surface area contributed by atoms with Gasteiger partial charge in [0, 0.05) is 27.3 Å². The van der Waals surface area contributed by atoms with Crippen LogP contribution in [0.4, 0.5) is 5.69 Å². The first kappa shape index (κ1) is 17.3. The second-order valence-corrected chi connectivity index (χ2v) is 7.43. The van der Waals surface area contributed by atoms with Gasteiger partial charge in [-0.25, -0.2) is 4.31 Å². The molecule has 0 saturated carbocycles. The van der Waals surface area contributed by atoms with Crippen molar-refractivity contribution in [2.45, 2.75) is 13.0 Å². The van der Waals surface area contributed by atoms with E-state index in [1.165, 1.54) is 28.9 Å². The highest BCUT2D eigenvalue weighted by molar-refractivity contribution is 7.90. The molecule has 0 aliphatic heterocycles. The Hall–Kier alpha value is -2.06. The minimum Gasteiger partial charge on any atom is -0.497 e. The summed E-state index contributed by atoms with van der Waals surface area (Å²) >= 11 is 0. The summed E-state index contributed by atoms with van der Waals surface area (Å²) in [7, 11) is 2.68. The Kier molecular flexibility index (Phi) is 4.96. The Bertz CT molecular complexity index is 771. The topological polar surface area (TPSA) is 67.7 Å². The van der Waals surface area contributed by atoms with E-state index < -0.39 is 16.3 Å². The molecule has 2 rings (SSSR count). The number of benzene rings is 1. The number of rotatable bonds is 6. The zero-order valence-electron chi connectivity index (χ0n) is 14.0. The fourth-order valence-electron chi connectivity index (χ4n) is 2.29. The first-order valence-corrected chi connectivity index (χ1v) is 8.51. The van der Waals surface area contributed by atoms with Crippen LogP contribution in [0.1, 0.15) is 18.5 Å². The summed E-state index contributed by atoms with van der Waals surface area (Å²) in [4.78, 5) is 0. The number of ether oxygens (including phenoxy) is 1. The Labute approximate surface area is 137 Å². The molecule has 2 aromatic rings. The number of aromatic nitrogens is 2. The predicted molar refractivity (Wildman–Crippen MR) is 89.7 cm³/mol. The lowest BCUT2D eigenvalue weighted by molar-refractivity contribution is 0.414. The van der Waals surface area contributed by atoms with Crippen LogP contribution in [0.2, 0.25) is 0 Å². The Morgan fingerprint density at radius 1 is 1.30 bits per heavy atom. The first-order valence-electron chi connectivity index (χ1n) is 7.12. The molecule has 126 valence electrons. The molecule has 7 nitrogen and oxygen atoms in total. The van der Waals surface area contributed by atoms with Gasteiger partial charge in [0.25, 0.3) is 0 Å². The van der Waals surface area contributed by atoms with Gasteiger partial charge in [-0.05, 0) is 24.6 Å². The van der Waals surface area contributed by atoms with Gasteiger partial charge >= 0.3 is 10.2 Å². The summed E-state index contributed by atoms with van der Waals surface area (Å²) in [5, 5.41) is 4.09. The maximum absolute atomic E-state index is 12.8. The Balaban J connectivity index is 2.53. The number of nitrogens with zero attached hydrogens (tertiary/aromatic N) is 4. The molecule has 0 unspecified atom stereocenters. The maximum Gasteiger partial charge on any atom is 0.304 e. The van der Waals surface area contributed by atoms with Crippen molar-refractivity contribution in [3.8, 4) is 5.75 Å². The average Bonchev–Trinajstić information content (AvgIpc) is 2.93. The molecule has 0 saturated heterocycles. The molecule has 1 atom stereocenters. The second kappa shape index (κ2) is 6.59. The van der Waals surface area contributed by atoms with Crippen LogP contribution in [0.25, 0.3) is 0 Å². The highest BCUT2D eigenvalue weighted by Crippen LogP contribution is 2.31. The summed E-state index contributed by atoms with van der Waals surface area (Å²) in [6, 6.07) is 6.96. The molecule has 23 heavy (non-hydrogen) atoms. The van der Waals surface area contributed by atoms with Crippen LogP contribution in [0.3, 0.4) is 0 Å². The van der Waals surface area contributed by atoms with Crippen molar-refractivity contribution < 1.29 is 13.2 Å². The van der Waals surface area contributed by atoms with Gasteiger partial charge in [0.15, 0.2) is 0 Å². The SMILES string of the molecule is COc1cccc([C@@H](C)N(c2cnn(C)c2)S(=O)(=O)N(C)C)c1. The lowest BCUT2D eigenvalue weighted by Gasteiger charge is -2.31. The van der Waals surface area contributed by atoms with Crippen molar-refractivity contribution in [1.82, 2.24) is 14.1 Å². The van der Waals surface area contributed by atoms with E-state index in [1.54, 1.807) is 25.0 Å². The zero-order valence-corrected chi connectivity index (χ0v) is 14.8. The third kappa shape index (κ3) is 3.48. The summed E-state index contributed by atoms with van der Waals surface area (Å²) in [5.74, 6) is 0.683. The van der Waals surface area contributed by atoms with E-state index in [2.05, 4.69) is 5.10 Å². The van der Waals surface area contributed by atoms with Crippen LogP contribution >= 0.6 is 0 Å². The van der Waals surface area contributed by atoms with E-state index in [-0.39, 0.29) is 0 Å². The lowest BCUT2D eigenvalue weighted by Crippen LogP contribution is -2.41. The molecule has 0 fully saturated rings. The zero-order chi connectivity index (χ0) is 17.2. The van der Waals surface area contributed by atoms with Crippen LogP contribution in [0.15, 0.2) is 36.7 Å². The highest BCUT2D eigenvalue weighted by atomic mass is 32.2. The fourth-order valence-corrected chi connectivity index (χ4v) is 3.53. The number of aryl methyl sites for hydroxylation is 1. The van der Waals surface area contributed by atoms with Gasteiger partial charge in [-0.2, -0.15) is 17.8 Å². The van der Waals surface area contributed by atoms with Gasteiger partial charge in [0.1, 0.15) is 5.75 Å². The smallest absolute Gasteiger partial charge is 0.304 e. The van der Waals surface area contributed by atoms with E-state index in [9.17, 15) is 8.42 Å². The third-order valence-electron chi connectivity index (χ3n) is 3.58. The molecule has 1 heterocycles. The van der Waals surface area contributed by atoms with Crippen molar-refractivity contribution >= 4 is 15.9 Å². The molecule has 0 bridgehead atoms. The monoisotopic (exact) mass is 338 g/mol. The number of hydrogen-bond acceptors (Lipinski definition) is 4. The number of methoxy groups -OCH3 is 1. The van der Waals surface area contributed by atoms with Gasteiger partial charge in [-0.15, -0.1) is 0 Å². The second-order valence-electron chi connectivity index (χ2n) is 5.41. The van der Waals surface area contributed by atoms with Crippen LogP contribution in [-0.2, 0) is 17.3 Å². The summed E-state index contributed by atoms with van der Waals surface area (Å²) < 4.78 is 34.9. The minimum atomic E-state index is -3.67. The summed E-state index contributed by atoms with van der Waals surface area (Å²) in [6.07, 6.45) is 3.22. The van der Waals surface area contributed by atoms with Crippen molar-refractivity contribution in [3.05, 3.63) is 42.2 Å². The maximum atomic E-state index is 12.8. The average molecular weight is 338 g/mol. The van der Waals surface area contributed by atoms with Gasteiger partial charge in [0.2, 0.25) is 0 Å². The summed E-state index contributed by atoms with van der Waals surface area (Å²) in [5.41, 5.74) is 1.34. The van der Waals surface area contributed by atoms with Crippen LogP contribution in [0, 0.1) is 0 Å². The van der Waals surface area contributed by atoms with E-state index in [0.717, 1.165) is 5.56 Å². The van der Waals surface area contributed by atoms with Gasteiger partial charge in [-0.3, -0.25) is 4.68 Å². The number of hydrogen-bond donors (Lipinski definition) is 0. The van der Waals surface area contributed by atoms with Gasteiger partial charge in [-0.1, -0.05) is 12.1 Å². The van der Waals surface area contributed by atoms with Gasteiger partial charge < -0.3 is 4.74 Å². The minimum absolute atomic E-state index is 0.415. The molecule has 0 spiro atoms. The molecule has 8 heteroatoms. The van der Waals surface area contributed by atoms with Gasteiger partial charge in [0.05, 0.1) is 25.0 Å². The van der Waals surface area contributed by atoms with E-state index in [4.69, 9.17) is 4.74 Å². The molecule has 0 N–H and O–H groups in total. The van der Waals surface area contributed by atoms with Crippen LogP contribution in [-0.4, -0.2) is 43.7 Å². The Morgan fingerprint density at radius 3 is 2.52 bits per heavy atom. The molecule has 0 amide bonds. The largest absolute Gasteiger partial charge is 0.497 e. The van der Waals surface area contributed by atoms with Crippen molar-refractivity contribution in [3.63, 3.8) is 0 Å². The molecular formula is C15H22N4O3S. The summed E-state index contributed by atoms with van der Waals surface area (Å²) in [6.45, 7) is 1.84. The lowest BCUT2D eigenvalue weighted by atomic mass is 10.1. The van der Waals surface area contributed by atoms with E-state index in [0.29, 0.717) is 11.4 Å². The standard InChI is InChI=1S/C15H22N4O3S/c1-12(13-7-6-8-15(9-13)22-5)19(23(20,21)17(2)3)14-10-16-18(4)11-14/h6-12H,1-5H3/t12-/m1/s1. The molecule has 0 aliphatic carbocycles. The van der Waals surface area contributed by atoms with Crippen LogP contribution in [0.5, 0.6) is 5.75 Å².